The first kappa shape index (κ1) is 21.8. The Balaban J connectivity index is 1.83. The summed E-state index contributed by atoms with van der Waals surface area (Å²) in [5.74, 6) is -0.952. The van der Waals surface area contributed by atoms with Gasteiger partial charge in [-0.25, -0.2) is 0 Å². The summed E-state index contributed by atoms with van der Waals surface area (Å²) in [5, 5.41) is 7.75. The topological polar surface area (TPSA) is 56.2 Å². The van der Waals surface area contributed by atoms with Crippen molar-refractivity contribution in [3.63, 3.8) is 0 Å². The molecule has 1 aromatic heterocycles. The van der Waals surface area contributed by atoms with E-state index in [-0.39, 0.29) is 28.7 Å². The SMILES string of the molecule is O=C(Nc1nn(Cc2c(Cl)cccc2Cl)cc1Cl)c1cc(Br)ccc1OC(F)F. The smallest absolute Gasteiger partial charge is 0.387 e. The van der Waals surface area contributed by atoms with Crippen molar-refractivity contribution in [2.24, 2.45) is 0 Å². The van der Waals surface area contributed by atoms with Crippen LogP contribution in [0.4, 0.5) is 14.6 Å². The molecule has 0 spiro atoms. The molecule has 3 aromatic rings. The van der Waals surface area contributed by atoms with Gasteiger partial charge in [-0.1, -0.05) is 56.8 Å². The zero-order valence-electron chi connectivity index (χ0n) is 14.3. The van der Waals surface area contributed by atoms with Crippen LogP contribution < -0.4 is 10.1 Å². The zero-order valence-corrected chi connectivity index (χ0v) is 18.2. The number of aromatic nitrogens is 2. The molecule has 0 atom stereocenters. The molecule has 0 fully saturated rings. The fourth-order valence-corrected chi connectivity index (χ4v) is 3.54. The number of rotatable bonds is 6. The third-order valence-corrected chi connectivity index (χ3v) is 5.21. The number of hydrogen-bond donors (Lipinski definition) is 1. The van der Waals surface area contributed by atoms with E-state index in [0.717, 1.165) is 0 Å². The van der Waals surface area contributed by atoms with Gasteiger partial charge in [0, 0.05) is 26.3 Å². The predicted octanol–water partition coefficient (Wildman–Crippen LogP) is 6.51. The summed E-state index contributed by atoms with van der Waals surface area (Å²) in [7, 11) is 0. The van der Waals surface area contributed by atoms with Crippen molar-refractivity contribution >= 4 is 62.5 Å². The molecule has 0 saturated carbocycles. The molecular formula is C18H11BrCl3F2N3O2. The maximum absolute atomic E-state index is 12.6. The number of carbonyl (C=O) groups excluding carboxylic acids is 1. The first-order chi connectivity index (χ1) is 13.7. The van der Waals surface area contributed by atoms with Gasteiger partial charge in [0.2, 0.25) is 0 Å². The van der Waals surface area contributed by atoms with Crippen LogP contribution in [0.25, 0.3) is 0 Å². The van der Waals surface area contributed by atoms with Crippen molar-refractivity contribution in [1.29, 1.82) is 0 Å². The lowest BCUT2D eigenvalue weighted by Crippen LogP contribution is -2.16. The Labute approximate surface area is 187 Å². The van der Waals surface area contributed by atoms with Crippen LogP contribution in [0.15, 0.2) is 47.1 Å². The van der Waals surface area contributed by atoms with Gasteiger partial charge in [0.05, 0.1) is 12.1 Å². The van der Waals surface area contributed by atoms with E-state index in [4.69, 9.17) is 34.8 Å². The number of amides is 1. The maximum Gasteiger partial charge on any atom is 0.387 e. The van der Waals surface area contributed by atoms with Gasteiger partial charge in [0.1, 0.15) is 10.8 Å². The van der Waals surface area contributed by atoms with Crippen molar-refractivity contribution in [2.75, 3.05) is 5.32 Å². The maximum atomic E-state index is 12.6. The van der Waals surface area contributed by atoms with Gasteiger partial charge in [-0.2, -0.15) is 13.9 Å². The lowest BCUT2D eigenvalue weighted by Gasteiger charge is -2.11. The number of alkyl halides is 2. The molecule has 11 heteroatoms. The molecule has 0 unspecified atom stereocenters. The third-order valence-electron chi connectivity index (χ3n) is 3.73. The number of nitrogens with zero attached hydrogens (tertiary/aromatic N) is 2. The number of nitrogens with one attached hydrogen (secondary N) is 1. The van der Waals surface area contributed by atoms with Crippen LogP contribution in [0, 0.1) is 0 Å². The van der Waals surface area contributed by atoms with Gasteiger partial charge in [-0.05, 0) is 30.3 Å². The van der Waals surface area contributed by atoms with Crippen LogP contribution in [0.2, 0.25) is 15.1 Å². The Bertz CT molecular complexity index is 1040. The van der Waals surface area contributed by atoms with E-state index in [9.17, 15) is 13.6 Å². The minimum absolute atomic E-state index is 0.0443. The lowest BCUT2D eigenvalue weighted by atomic mass is 10.2. The monoisotopic (exact) mass is 523 g/mol. The summed E-state index contributed by atoms with van der Waals surface area (Å²) in [5.41, 5.74) is 0.520. The van der Waals surface area contributed by atoms with Crippen molar-refractivity contribution < 1.29 is 18.3 Å². The number of ether oxygens (including phenoxy) is 1. The summed E-state index contributed by atoms with van der Waals surface area (Å²) >= 11 is 21.7. The highest BCUT2D eigenvalue weighted by Gasteiger charge is 2.19. The Hall–Kier alpha value is -1.87. The number of hydrogen-bond acceptors (Lipinski definition) is 3. The molecule has 152 valence electrons. The number of benzene rings is 2. The summed E-state index contributed by atoms with van der Waals surface area (Å²) in [4.78, 5) is 12.6. The van der Waals surface area contributed by atoms with E-state index < -0.39 is 12.5 Å². The van der Waals surface area contributed by atoms with E-state index in [1.165, 1.54) is 29.1 Å². The Kier molecular flexibility index (Phi) is 7.00. The first-order valence-corrected chi connectivity index (χ1v) is 9.89. The number of carbonyl (C=O) groups is 1. The van der Waals surface area contributed by atoms with Crippen molar-refractivity contribution in [3.8, 4) is 5.75 Å². The molecule has 0 radical (unpaired) electrons. The molecule has 3 rings (SSSR count). The highest BCUT2D eigenvalue weighted by atomic mass is 79.9. The Morgan fingerprint density at radius 2 is 1.86 bits per heavy atom. The normalized spacial score (nSPS) is 11.0. The molecule has 5 nitrogen and oxygen atoms in total. The molecule has 29 heavy (non-hydrogen) atoms. The summed E-state index contributed by atoms with van der Waals surface area (Å²) in [6.45, 7) is -2.86. The van der Waals surface area contributed by atoms with Gasteiger partial charge in [0.25, 0.3) is 5.91 Å². The average molecular weight is 526 g/mol. The fourth-order valence-electron chi connectivity index (χ4n) is 2.46. The zero-order chi connectivity index (χ0) is 21.1. The standard InChI is InChI=1S/C18H11BrCl3F2N3O2/c19-9-4-5-15(29-18(23)24)10(6-9)17(28)25-16-14(22)8-27(26-16)7-11-12(20)2-1-3-13(11)21/h1-6,8,18H,7H2,(H,25,26,28). The quantitative estimate of drug-likeness (QED) is 0.399. The molecule has 0 bridgehead atoms. The molecule has 0 aliphatic rings. The van der Waals surface area contributed by atoms with Gasteiger partial charge in [0.15, 0.2) is 5.82 Å². The van der Waals surface area contributed by atoms with Gasteiger partial charge in [-0.15, -0.1) is 0 Å². The molecule has 0 aliphatic carbocycles. The van der Waals surface area contributed by atoms with E-state index in [0.29, 0.717) is 20.1 Å². The van der Waals surface area contributed by atoms with Crippen molar-refractivity contribution in [3.05, 3.63) is 73.3 Å². The molecule has 1 N–H and O–H groups in total. The average Bonchev–Trinajstić information content (AvgIpc) is 2.98. The lowest BCUT2D eigenvalue weighted by molar-refractivity contribution is -0.0501. The summed E-state index contributed by atoms with van der Waals surface area (Å²) in [6.07, 6.45) is 1.48. The molecule has 0 aliphatic heterocycles. The van der Waals surface area contributed by atoms with Gasteiger partial charge in [-0.3, -0.25) is 9.48 Å². The molecule has 0 saturated heterocycles. The van der Waals surface area contributed by atoms with E-state index in [1.54, 1.807) is 18.2 Å². The molecular weight excluding hydrogens is 514 g/mol. The number of halogens is 6. The summed E-state index contributed by atoms with van der Waals surface area (Å²) < 4.78 is 31.6. The molecule has 2 aromatic carbocycles. The predicted molar refractivity (Wildman–Crippen MR) is 112 cm³/mol. The van der Waals surface area contributed by atoms with E-state index in [1.807, 2.05) is 0 Å². The van der Waals surface area contributed by atoms with Crippen LogP contribution in [0.3, 0.4) is 0 Å². The second-order valence-corrected chi connectivity index (χ2v) is 7.83. The van der Waals surface area contributed by atoms with Crippen LogP contribution in [0.5, 0.6) is 5.75 Å². The minimum atomic E-state index is -3.08. The van der Waals surface area contributed by atoms with Crippen molar-refractivity contribution in [1.82, 2.24) is 9.78 Å². The Morgan fingerprint density at radius 1 is 1.17 bits per heavy atom. The fraction of sp³-hybridized carbons (Fsp3) is 0.111. The van der Waals surface area contributed by atoms with Crippen LogP contribution >= 0.6 is 50.7 Å². The van der Waals surface area contributed by atoms with Gasteiger partial charge < -0.3 is 10.1 Å². The highest BCUT2D eigenvalue weighted by Crippen LogP contribution is 2.29. The van der Waals surface area contributed by atoms with E-state index >= 15 is 0 Å². The highest BCUT2D eigenvalue weighted by molar-refractivity contribution is 9.10. The second kappa shape index (κ2) is 9.30. The van der Waals surface area contributed by atoms with Crippen molar-refractivity contribution in [2.45, 2.75) is 13.2 Å². The van der Waals surface area contributed by atoms with Gasteiger partial charge >= 0.3 is 6.61 Å². The van der Waals surface area contributed by atoms with E-state index in [2.05, 4.69) is 31.1 Å². The first-order valence-electron chi connectivity index (χ1n) is 7.96. The van der Waals surface area contributed by atoms with Crippen LogP contribution in [-0.4, -0.2) is 22.3 Å². The summed E-state index contributed by atoms with van der Waals surface area (Å²) in [6, 6.07) is 9.17. The Morgan fingerprint density at radius 3 is 2.52 bits per heavy atom. The minimum Gasteiger partial charge on any atom is -0.434 e. The second-order valence-electron chi connectivity index (χ2n) is 5.70. The largest absolute Gasteiger partial charge is 0.434 e. The third kappa shape index (κ3) is 5.39. The van der Waals surface area contributed by atoms with Crippen LogP contribution in [-0.2, 0) is 6.54 Å². The molecule has 1 amide bonds. The number of anilines is 1. The van der Waals surface area contributed by atoms with Crippen LogP contribution in [0.1, 0.15) is 15.9 Å². The molecule has 1 heterocycles.